The van der Waals surface area contributed by atoms with E-state index in [1.54, 1.807) is 0 Å². The maximum Gasteiger partial charge on any atom is 0.257 e. The van der Waals surface area contributed by atoms with Crippen molar-refractivity contribution < 1.29 is 22.8 Å². The quantitative estimate of drug-likeness (QED) is 0.780. The number of hydrogen-bond acceptors (Lipinski definition) is 5. The molecule has 1 saturated heterocycles. The van der Waals surface area contributed by atoms with Crippen LogP contribution in [0.4, 0.5) is 11.4 Å². The molecule has 8 nitrogen and oxygen atoms in total. The van der Waals surface area contributed by atoms with Crippen LogP contribution in [0.5, 0.6) is 0 Å². The molecule has 1 atom stereocenters. The summed E-state index contributed by atoms with van der Waals surface area (Å²) < 4.78 is 25.1. The van der Waals surface area contributed by atoms with Gasteiger partial charge in [0.15, 0.2) is 0 Å². The zero-order valence-electron chi connectivity index (χ0n) is 14.7. The first-order valence-corrected chi connectivity index (χ1v) is 10.2. The van der Waals surface area contributed by atoms with Gasteiger partial charge in [-0.1, -0.05) is 18.5 Å². The molecule has 0 saturated carbocycles. The zero-order chi connectivity index (χ0) is 20.6. The predicted octanol–water partition coefficient (Wildman–Crippen LogP) is 2.00. The van der Waals surface area contributed by atoms with Crippen molar-refractivity contribution in [2.45, 2.75) is 6.92 Å². The fourth-order valence-corrected chi connectivity index (χ4v) is 4.89. The number of carbonyl (C=O) groups excluding carboxylic acids is 3. The van der Waals surface area contributed by atoms with Gasteiger partial charge in [0.1, 0.15) is 0 Å². The van der Waals surface area contributed by atoms with Gasteiger partial charge in [-0.15, -0.1) is 0 Å². The number of benzene rings is 2. The zero-order valence-corrected chi connectivity index (χ0v) is 16.3. The van der Waals surface area contributed by atoms with Crippen LogP contribution in [0.2, 0.25) is 5.02 Å². The molecule has 10 heteroatoms. The minimum atomic E-state index is -3.76. The molecule has 1 fully saturated rings. The smallest absolute Gasteiger partial charge is 0.257 e. The summed E-state index contributed by atoms with van der Waals surface area (Å²) in [5.41, 5.74) is 6.06. The third-order valence-electron chi connectivity index (χ3n) is 4.22. The summed E-state index contributed by atoms with van der Waals surface area (Å²) in [6.07, 6.45) is 0. The molecule has 1 aliphatic rings. The molecule has 3 N–H and O–H groups in total. The molecule has 0 spiro atoms. The molecule has 28 heavy (non-hydrogen) atoms. The Balaban J connectivity index is 1.83. The van der Waals surface area contributed by atoms with E-state index >= 15 is 0 Å². The summed E-state index contributed by atoms with van der Waals surface area (Å²) in [6, 6.07) is 9.91. The second-order valence-corrected chi connectivity index (χ2v) is 8.61. The van der Waals surface area contributed by atoms with Crippen LogP contribution in [-0.4, -0.2) is 31.9 Å². The highest BCUT2D eigenvalue weighted by molar-refractivity contribution is 7.94. The monoisotopic (exact) mass is 421 g/mol. The Hall–Kier alpha value is -2.91. The molecule has 3 amide bonds. The molecule has 0 aromatic heterocycles. The van der Waals surface area contributed by atoms with E-state index in [1.165, 1.54) is 49.4 Å². The second-order valence-electron chi connectivity index (χ2n) is 6.34. The lowest BCUT2D eigenvalue weighted by Crippen LogP contribution is -2.30. The van der Waals surface area contributed by atoms with Gasteiger partial charge in [-0.25, -0.2) is 12.7 Å². The lowest BCUT2D eigenvalue weighted by Gasteiger charge is -2.16. The lowest BCUT2D eigenvalue weighted by atomic mass is 10.1. The Kier molecular flexibility index (Phi) is 5.14. The highest BCUT2D eigenvalue weighted by atomic mass is 35.5. The van der Waals surface area contributed by atoms with E-state index in [0.29, 0.717) is 15.6 Å². The number of rotatable bonds is 4. The molecular weight excluding hydrogens is 406 g/mol. The summed E-state index contributed by atoms with van der Waals surface area (Å²) >= 11 is 6.16. The van der Waals surface area contributed by atoms with Gasteiger partial charge in [0.25, 0.3) is 5.91 Å². The van der Waals surface area contributed by atoms with Crippen molar-refractivity contribution in [2.75, 3.05) is 15.4 Å². The van der Waals surface area contributed by atoms with Crippen molar-refractivity contribution in [3.05, 3.63) is 58.6 Å². The minimum absolute atomic E-state index is 0.00805. The molecule has 3 rings (SSSR count). The van der Waals surface area contributed by atoms with Crippen LogP contribution in [0.15, 0.2) is 42.5 Å². The molecule has 1 heterocycles. The Morgan fingerprint density at radius 2 is 1.82 bits per heavy atom. The topological polar surface area (TPSA) is 127 Å². The number of carbonyl (C=O) groups is 3. The maximum atomic E-state index is 12.4. The van der Waals surface area contributed by atoms with E-state index in [9.17, 15) is 22.8 Å². The summed E-state index contributed by atoms with van der Waals surface area (Å²) in [6.45, 7) is 1.53. The van der Waals surface area contributed by atoms with Crippen LogP contribution in [0.3, 0.4) is 0 Å². The fraction of sp³-hybridized carbons (Fsp3) is 0.167. The molecule has 2 aromatic rings. The summed E-state index contributed by atoms with van der Waals surface area (Å²) in [5, 5.41) is 2.60. The van der Waals surface area contributed by atoms with Crippen molar-refractivity contribution in [3.8, 4) is 0 Å². The number of hydrogen-bond donors (Lipinski definition) is 2. The van der Waals surface area contributed by atoms with Crippen molar-refractivity contribution in [1.29, 1.82) is 0 Å². The lowest BCUT2D eigenvalue weighted by molar-refractivity contribution is -0.119. The van der Waals surface area contributed by atoms with Gasteiger partial charge >= 0.3 is 0 Å². The third-order valence-corrected chi connectivity index (χ3v) is 6.40. The van der Waals surface area contributed by atoms with Gasteiger partial charge in [0.05, 0.1) is 27.9 Å². The average molecular weight is 422 g/mol. The van der Waals surface area contributed by atoms with Crippen molar-refractivity contribution in [2.24, 2.45) is 11.7 Å². The van der Waals surface area contributed by atoms with Crippen LogP contribution in [0.1, 0.15) is 27.6 Å². The highest BCUT2D eigenvalue weighted by Gasteiger charge is 2.42. The van der Waals surface area contributed by atoms with E-state index in [2.05, 4.69) is 5.32 Å². The Labute approximate surface area is 166 Å². The first-order valence-electron chi connectivity index (χ1n) is 8.18. The largest absolute Gasteiger partial charge is 0.366 e. The van der Waals surface area contributed by atoms with Crippen molar-refractivity contribution >= 4 is 50.7 Å². The van der Waals surface area contributed by atoms with Gasteiger partial charge in [0.2, 0.25) is 21.8 Å². The standard InChI is InChI=1S/C18H16ClN3O5S/c1-10-9-28(26,27)22(18(10)25)13-6-7-14(15(19)8-13)17(24)21-12-4-2-11(3-5-12)16(20)23/h2-8,10H,9H2,1H3,(H2,20,23)(H,21,24)/t10-/m1/s1. The van der Waals surface area contributed by atoms with Gasteiger partial charge in [0, 0.05) is 11.3 Å². The number of anilines is 2. The SMILES string of the molecule is C[C@@H]1CS(=O)(=O)N(c2ccc(C(=O)Nc3ccc(C(N)=O)cc3)c(Cl)c2)C1=O. The first-order chi connectivity index (χ1) is 13.1. The number of amides is 3. The number of nitrogens with zero attached hydrogens (tertiary/aromatic N) is 1. The number of sulfonamides is 1. The van der Waals surface area contributed by atoms with Crippen LogP contribution >= 0.6 is 11.6 Å². The first kappa shape index (κ1) is 19.8. The normalized spacial score (nSPS) is 18.1. The van der Waals surface area contributed by atoms with Crippen LogP contribution in [0, 0.1) is 5.92 Å². The summed E-state index contributed by atoms with van der Waals surface area (Å²) in [4.78, 5) is 35.7. The fourth-order valence-electron chi connectivity index (χ4n) is 2.82. The average Bonchev–Trinajstić information content (AvgIpc) is 2.82. The number of nitrogens with one attached hydrogen (secondary N) is 1. The van der Waals surface area contributed by atoms with E-state index in [-0.39, 0.29) is 22.0 Å². The molecule has 0 unspecified atom stereocenters. The second kappa shape index (κ2) is 7.25. The van der Waals surface area contributed by atoms with Gasteiger partial charge in [-0.2, -0.15) is 0 Å². The Morgan fingerprint density at radius 1 is 1.18 bits per heavy atom. The number of nitrogens with two attached hydrogens (primary N) is 1. The molecule has 0 radical (unpaired) electrons. The summed E-state index contributed by atoms with van der Waals surface area (Å²) in [7, 11) is -3.76. The highest BCUT2D eigenvalue weighted by Crippen LogP contribution is 2.31. The van der Waals surface area contributed by atoms with Gasteiger partial charge in [-0.3, -0.25) is 14.4 Å². The van der Waals surface area contributed by atoms with Crippen LogP contribution in [0.25, 0.3) is 0 Å². The molecule has 0 aliphatic carbocycles. The van der Waals surface area contributed by atoms with Gasteiger partial charge < -0.3 is 11.1 Å². The minimum Gasteiger partial charge on any atom is -0.366 e. The number of halogens is 1. The summed E-state index contributed by atoms with van der Waals surface area (Å²) in [5.74, 6) is -2.57. The molecule has 0 bridgehead atoms. The van der Waals surface area contributed by atoms with Crippen LogP contribution < -0.4 is 15.4 Å². The molecule has 146 valence electrons. The Bertz CT molecular complexity index is 1080. The van der Waals surface area contributed by atoms with E-state index in [0.717, 1.165) is 0 Å². The van der Waals surface area contributed by atoms with E-state index in [4.69, 9.17) is 17.3 Å². The van der Waals surface area contributed by atoms with E-state index in [1.807, 2.05) is 0 Å². The molecule has 1 aliphatic heterocycles. The molecular formula is C18H16ClN3O5S. The van der Waals surface area contributed by atoms with Crippen molar-refractivity contribution in [1.82, 2.24) is 0 Å². The molecule has 2 aromatic carbocycles. The van der Waals surface area contributed by atoms with Gasteiger partial charge in [-0.05, 0) is 42.5 Å². The third kappa shape index (κ3) is 3.71. The number of primary amides is 1. The van der Waals surface area contributed by atoms with Crippen LogP contribution in [-0.2, 0) is 14.8 Å². The Morgan fingerprint density at radius 3 is 2.32 bits per heavy atom. The predicted molar refractivity (Wildman–Crippen MR) is 105 cm³/mol. The maximum absolute atomic E-state index is 12.4. The van der Waals surface area contributed by atoms with Crippen molar-refractivity contribution in [3.63, 3.8) is 0 Å². The van der Waals surface area contributed by atoms with E-state index < -0.39 is 33.7 Å².